The zero-order valence-electron chi connectivity index (χ0n) is 18.1. The van der Waals surface area contributed by atoms with Crippen molar-refractivity contribution in [3.63, 3.8) is 0 Å². The number of nitrogens with zero attached hydrogens (tertiary/aromatic N) is 2. The van der Waals surface area contributed by atoms with Crippen LogP contribution in [0.25, 0.3) is 16.9 Å². The molecular weight excluding hydrogens is 420 g/mol. The fraction of sp³-hybridized carbons (Fsp3) is 0.304. The molecule has 5 nitrogen and oxygen atoms in total. The van der Waals surface area contributed by atoms with Crippen LogP contribution < -0.4 is 5.32 Å². The molecule has 0 saturated heterocycles. The molecule has 0 aliphatic carbocycles. The maximum atomic E-state index is 14.7. The van der Waals surface area contributed by atoms with Crippen LogP contribution in [0.15, 0.2) is 47.5 Å². The lowest BCUT2D eigenvalue weighted by molar-refractivity contribution is 0.170. The summed E-state index contributed by atoms with van der Waals surface area (Å²) < 4.78 is 35.1. The zero-order valence-corrected chi connectivity index (χ0v) is 18.9. The summed E-state index contributed by atoms with van der Waals surface area (Å²) >= 11 is 1.40. The summed E-state index contributed by atoms with van der Waals surface area (Å²) in [6.45, 7) is 8.18. The molecule has 1 aromatic heterocycles. The number of hydrogen-bond donors (Lipinski definition) is 1. The van der Waals surface area contributed by atoms with Crippen LogP contribution in [0, 0.1) is 18.6 Å². The fourth-order valence-electron chi connectivity index (χ4n) is 3.04. The molecule has 0 aliphatic heterocycles. The number of hydrogen-bond acceptors (Lipinski definition) is 4. The molecule has 1 heterocycles. The van der Waals surface area contributed by atoms with Crippen LogP contribution >= 0.6 is 11.8 Å². The van der Waals surface area contributed by atoms with Gasteiger partial charge in [-0.2, -0.15) is 5.10 Å². The predicted octanol–water partition coefficient (Wildman–Crippen LogP) is 5.87. The molecule has 3 aromatic rings. The summed E-state index contributed by atoms with van der Waals surface area (Å²) in [6.07, 6.45) is 1.01. The molecular formula is C23H25F2N3O2S. The maximum absolute atomic E-state index is 14.7. The number of rotatable bonds is 5. The number of ether oxygens (including phenoxy) is 1. The lowest BCUT2D eigenvalue weighted by Gasteiger charge is -2.18. The molecule has 0 aliphatic rings. The highest BCUT2D eigenvalue weighted by molar-refractivity contribution is 8.00. The normalized spacial score (nSPS) is 11.5. The number of benzene rings is 2. The van der Waals surface area contributed by atoms with Gasteiger partial charge in [-0.05, 0) is 42.3 Å². The van der Waals surface area contributed by atoms with Gasteiger partial charge in [0.05, 0.1) is 12.8 Å². The quantitative estimate of drug-likeness (QED) is 0.499. The summed E-state index contributed by atoms with van der Waals surface area (Å²) in [6, 6.07) is 10.0. The van der Waals surface area contributed by atoms with Crippen LogP contribution in [0.1, 0.15) is 31.9 Å². The van der Waals surface area contributed by atoms with E-state index in [1.807, 2.05) is 45.9 Å². The fourth-order valence-corrected chi connectivity index (χ4v) is 4.07. The third-order valence-electron chi connectivity index (χ3n) is 4.49. The Morgan fingerprint density at radius 2 is 1.84 bits per heavy atom. The van der Waals surface area contributed by atoms with Gasteiger partial charge in [-0.15, -0.1) is 11.8 Å². The first-order valence-electron chi connectivity index (χ1n) is 9.73. The Morgan fingerprint density at radius 3 is 2.45 bits per heavy atom. The number of amides is 1. The zero-order chi connectivity index (χ0) is 22.8. The van der Waals surface area contributed by atoms with Crippen LogP contribution in [0.3, 0.4) is 0 Å². The van der Waals surface area contributed by atoms with Crippen molar-refractivity contribution >= 4 is 17.9 Å². The summed E-state index contributed by atoms with van der Waals surface area (Å²) in [7, 11) is 1.30. The van der Waals surface area contributed by atoms with Gasteiger partial charge in [0.25, 0.3) is 0 Å². The highest BCUT2D eigenvalue weighted by atomic mass is 32.2. The number of aryl methyl sites for hydroxylation is 1. The van der Waals surface area contributed by atoms with Crippen LogP contribution in [0.5, 0.6) is 0 Å². The number of nitrogens with one attached hydrogen (secondary N) is 1. The number of methoxy groups -OCH3 is 1. The standard InChI is InChI=1S/C23H25F2N3O2S/c1-14-6-7-15(10-16(14)13-26-22(29)30-5)20-8-9-28(27-20)21-18(24)11-17(12-19(21)25)31-23(2,3)4/h6-12H,13H2,1-5H3,(H,26,29). The van der Waals surface area contributed by atoms with Gasteiger partial charge in [0.1, 0.15) is 5.69 Å². The SMILES string of the molecule is COC(=O)NCc1cc(-c2ccn(-c3c(F)cc(SC(C)(C)C)cc3F)n2)ccc1C. The van der Waals surface area contributed by atoms with Crippen LogP contribution in [-0.2, 0) is 11.3 Å². The minimum absolute atomic E-state index is 0.162. The van der Waals surface area contributed by atoms with Gasteiger partial charge in [-0.25, -0.2) is 18.3 Å². The van der Waals surface area contributed by atoms with Crippen molar-refractivity contribution in [1.82, 2.24) is 15.1 Å². The minimum atomic E-state index is -0.673. The highest BCUT2D eigenvalue weighted by Crippen LogP contribution is 2.34. The molecule has 0 spiro atoms. The number of carbonyl (C=O) groups excluding carboxylic acids is 1. The van der Waals surface area contributed by atoms with Crippen LogP contribution in [0.2, 0.25) is 0 Å². The predicted molar refractivity (Wildman–Crippen MR) is 119 cm³/mol. The minimum Gasteiger partial charge on any atom is -0.453 e. The second kappa shape index (κ2) is 9.09. The van der Waals surface area contributed by atoms with Gasteiger partial charge in [0.2, 0.25) is 0 Å². The summed E-state index contributed by atoms with van der Waals surface area (Å²) in [5.41, 5.74) is 2.99. The Hall–Kier alpha value is -2.87. The molecule has 31 heavy (non-hydrogen) atoms. The molecule has 8 heteroatoms. The monoisotopic (exact) mass is 445 g/mol. The van der Waals surface area contributed by atoms with Crippen molar-refractivity contribution in [2.45, 2.75) is 43.9 Å². The molecule has 1 N–H and O–H groups in total. The Kier molecular flexibility index (Phi) is 6.69. The molecule has 0 radical (unpaired) electrons. The molecule has 0 unspecified atom stereocenters. The van der Waals surface area contributed by atoms with E-state index >= 15 is 0 Å². The first kappa shape index (κ1) is 22.8. The van der Waals surface area contributed by atoms with E-state index in [9.17, 15) is 13.6 Å². The Labute approximate surface area is 184 Å². The smallest absolute Gasteiger partial charge is 0.407 e. The van der Waals surface area contributed by atoms with Gasteiger partial charge in [0, 0.05) is 27.9 Å². The summed E-state index contributed by atoms with van der Waals surface area (Å²) in [4.78, 5) is 11.9. The van der Waals surface area contributed by atoms with Gasteiger partial charge in [-0.3, -0.25) is 0 Å². The molecule has 0 saturated carbocycles. The second-order valence-electron chi connectivity index (χ2n) is 8.08. The van der Waals surface area contributed by atoms with Crippen molar-refractivity contribution in [2.24, 2.45) is 0 Å². The van der Waals surface area contributed by atoms with Crippen molar-refractivity contribution < 1.29 is 18.3 Å². The highest BCUT2D eigenvalue weighted by Gasteiger charge is 2.19. The summed E-state index contributed by atoms with van der Waals surface area (Å²) in [5, 5.41) is 7.02. The van der Waals surface area contributed by atoms with Gasteiger partial charge < -0.3 is 10.1 Å². The van der Waals surface area contributed by atoms with Crippen molar-refractivity contribution in [1.29, 1.82) is 0 Å². The van der Waals surface area contributed by atoms with Crippen molar-refractivity contribution in [2.75, 3.05) is 7.11 Å². The number of halogens is 2. The Bertz CT molecular complexity index is 1080. The van der Waals surface area contributed by atoms with E-state index in [-0.39, 0.29) is 10.4 Å². The van der Waals surface area contributed by atoms with E-state index in [4.69, 9.17) is 0 Å². The molecule has 164 valence electrons. The van der Waals surface area contributed by atoms with Crippen molar-refractivity contribution in [3.8, 4) is 16.9 Å². The largest absolute Gasteiger partial charge is 0.453 e. The summed E-state index contributed by atoms with van der Waals surface area (Å²) in [5.74, 6) is -1.35. The number of aromatic nitrogens is 2. The lowest BCUT2D eigenvalue weighted by Crippen LogP contribution is -2.22. The van der Waals surface area contributed by atoms with E-state index in [2.05, 4.69) is 15.2 Å². The average molecular weight is 446 g/mol. The molecule has 0 fully saturated rings. The first-order chi connectivity index (χ1) is 14.6. The number of thioether (sulfide) groups is 1. The van der Waals surface area contributed by atoms with Crippen LogP contribution in [-0.4, -0.2) is 27.7 Å². The average Bonchev–Trinajstić information content (AvgIpc) is 3.14. The Balaban J connectivity index is 1.89. The third kappa shape index (κ3) is 5.64. The van der Waals surface area contributed by atoms with E-state index in [1.54, 1.807) is 6.07 Å². The Morgan fingerprint density at radius 1 is 1.16 bits per heavy atom. The topological polar surface area (TPSA) is 56.1 Å². The first-order valence-corrected chi connectivity index (χ1v) is 10.5. The molecule has 0 atom stereocenters. The molecule has 3 rings (SSSR count). The van der Waals surface area contributed by atoms with E-state index < -0.39 is 17.7 Å². The van der Waals surface area contributed by atoms with E-state index in [1.165, 1.54) is 41.9 Å². The molecule has 2 aromatic carbocycles. The van der Waals surface area contributed by atoms with Crippen LogP contribution in [0.4, 0.5) is 13.6 Å². The van der Waals surface area contributed by atoms with Gasteiger partial charge in [0.15, 0.2) is 11.6 Å². The maximum Gasteiger partial charge on any atom is 0.407 e. The van der Waals surface area contributed by atoms with E-state index in [0.29, 0.717) is 17.1 Å². The third-order valence-corrected chi connectivity index (χ3v) is 5.57. The van der Waals surface area contributed by atoms with E-state index in [0.717, 1.165) is 16.7 Å². The van der Waals surface area contributed by atoms with Crippen molar-refractivity contribution in [3.05, 3.63) is 65.4 Å². The van der Waals surface area contributed by atoms with Gasteiger partial charge >= 0.3 is 6.09 Å². The molecule has 1 amide bonds. The number of alkyl carbamates (subject to hydrolysis) is 1. The van der Waals surface area contributed by atoms with Gasteiger partial charge in [-0.1, -0.05) is 32.9 Å². The number of carbonyl (C=O) groups is 1. The second-order valence-corrected chi connectivity index (χ2v) is 9.98. The lowest BCUT2D eigenvalue weighted by atomic mass is 10.0. The molecule has 0 bridgehead atoms.